The molecule has 4 nitrogen and oxygen atoms in total. The van der Waals surface area contributed by atoms with E-state index in [-0.39, 0.29) is 6.03 Å². The van der Waals surface area contributed by atoms with Gasteiger partial charge in [0.05, 0.1) is 11.6 Å². The van der Waals surface area contributed by atoms with Gasteiger partial charge in [0.2, 0.25) is 0 Å². The number of carbonyl (C=O) groups excluding carboxylic acids is 1. The highest BCUT2D eigenvalue weighted by Crippen LogP contribution is 2.22. The number of urea groups is 1. The van der Waals surface area contributed by atoms with E-state index in [1.165, 1.54) is 25.7 Å². The first-order valence-electron chi connectivity index (χ1n) is 8.40. The van der Waals surface area contributed by atoms with Crippen LogP contribution < -0.4 is 10.6 Å². The zero-order valence-electron chi connectivity index (χ0n) is 13.8. The Kier molecular flexibility index (Phi) is 6.68. The topological polar surface area (TPSA) is 64.9 Å². The summed E-state index contributed by atoms with van der Waals surface area (Å²) in [4.78, 5) is 11.9. The maximum atomic E-state index is 11.9. The van der Waals surface area contributed by atoms with Gasteiger partial charge in [-0.2, -0.15) is 5.26 Å². The number of carbonyl (C=O) groups is 1. The Hall–Kier alpha value is -2.28. The number of allylic oxidation sites excluding steroid dienone is 2. The van der Waals surface area contributed by atoms with Crippen molar-refractivity contribution >= 4 is 11.7 Å². The SMILES string of the molecule is CC(CCC1=CCCCC1)CNC(=O)Nc1ccc(C#N)cc1. The molecule has 23 heavy (non-hydrogen) atoms. The van der Waals surface area contributed by atoms with Crippen LogP contribution in [0.25, 0.3) is 0 Å². The third kappa shape index (κ3) is 6.15. The van der Waals surface area contributed by atoms with Crippen LogP contribution >= 0.6 is 0 Å². The van der Waals surface area contributed by atoms with E-state index in [0.29, 0.717) is 23.7 Å². The second-order valence-electron chi connectivity index (χ2n) is 6.28. The first-order chi connectivity index (χ1) is 11.2. The van der Waals surface area contributed by atoms with Gasteiger partial charge in [0.15, 0.2) is 0 Å². The van der Waals surface area contributed by atoms with Gasteiger partial charge < -0.3 is 10.6 Å². The number of nitriles is 1. The van der Waals surface area contributed by atoms with E-state index in [4.69, 9.17) is 5.26 Å². The molecule has 0 fully saturated rings. The minimum Gasteiger partial charge on any atom is -0.338 e. The minimum atomic E-state index is -0.196. The number of nitrogens with one attached hydrogen (secondary N) is 2. The summed E-state index contributed by atoms with van der Waals surface area (Å²) in [5.74, 6) is 0.463. The van der Waals surface area contributed by atoms with Gasteiger partial charge in [-0.3, -0.25) is 0 Å². The molecule has 122 valence electrons. The molecule has 1 aliphatic rings. The fourth-order valence-electron chi connectivity index (χ4n) is 2.74. The molecule has 0 saturated heterocycles. The van der Waals surface area contributed by atoms with Crippen LogP contribution in [-0.2, 0) is 0 Å². The summed E-state index contributed by atoms with van der Waals surface area (Å²) in [6.07, 6.45) is 9.79. The lowest BCUT2D eigenvalue weighted by Gasteiger charge is -2.16. The smallest absolute Gasteiger partial charge is 0.319 e. The van der Waals surface area contributed by atoms with Gasteiger partial charge in [-0.25, -0.2) is 4.79 Å². The number of rotatable bonds is 6. The third-order valence-electron chi connectivity index (χ3n) is 4.23. The predicted octanol–water partition coefficient (Wildman–Crippen LogP) is 4.60. The molecule has 0 heterocycles. The molecule has 1 atom stereocenters. The summed E-state index contributed by atoms with van der Waals surface area (Å²) in [5, 5.41) is 14.4. The van der Waals surface area contributed by atoms with E-state index in [2.05, 4.69) is 29.7 Å². The highest BCUT2D eigenvalue weighted by molar-refractivity contribution is 5.89. The molecule has 1 aromatic rings. The largest absolute Gasteiger partial charge is 0.338 e. The summed E-state index contributed by atoms with van der Waals surface area (Å²) < 4.78 is 0. The molecule has 2 rings (SSSR count). The molecule has 0 spiro atoms. The normalized spacial score (nSPS) is 15.2. The van der Waals surface area contributed by atoms with E-state index in [1.807, 2.05) is 0 Å². The van der Waals surface area contributed by atoms with Gasteiger partial charge in [-0.1, -0.05) is 18.6 Å². The van der Waals surface area contributed by atoms with Crippen molar-refractivity contribution in [3.05, 3.63) is 41.5 Å². The Bertz CT molecular complexity index is 584. The van der Waals surface area contributed by atoms with E-state index in [9.17, 15) is 4.79 Å². The standard InChI is InChI=1S/C19H25N3O/c1-15(7-8-16-5-3-2-4-6-16)14-21-19(23)22-18-11-9-17(13-20)10-12-18/h5,9-12,15H,2-4,6-8,14H2,1H3,(H2,21,22,23). The number of hydrogen-bond donors (Lipinski definition) is 2. The van der Waals surface area contributed by atoms with Gasteiger partial charge in [0.1, 0.15) is 0 Å². The lowest BCUT2D eigenvalue weighted by molar-refractivity contribution is 0.250. The zero-order chi connectivity index (χ0) is 16.5. The van der Waals surface area contributed by atoms with E-state index in [0.717, 1.165) is 12.8 Å². The van der Waals surface area contributed by atoms with Crippen LogP contribution in [0, 0.1) is 17.2 Å². The molecule has 1 aromatic carbocycles. The Morgan fingerprint density at radius 3 is 2.74 bits per heavy atom. The molecule has 0 bridgehead atoms. The average molecular weight is 311 g/mol. The maximum absolute atomic E-state index is 11.9. The van der Waals surface area contributed by atoms with Crippen molar-refractivity contribution in [2.24, 2.45) is 5.92 Å². The summed E-state index contributed by atoms with van der Waals surface area (Å²) >= 11 is 0. The summed E-state index contributed by atoms with van der Waals surface area (Å²) in [6, 6.07) is 8.71. The third-order valence-corrected chi connectivity index (χ3v) is 4.23. The van der Waals surface area contributed by atoms with Gasteiger partial charge >= 0.3 is 6.03 Å². The van der Waals surface area contributed by atoms with Crippen LogP contribution in [0.15, 0.2) is 35.9 Å². The van der Waals surface area contributed by atoms with Crippen molar-refractivity contribution in [2.45, 2.75) is 45.4 Å². The van der Waals surface area contributed by atoms with Gasteiger partial charge in [0, 0.05) is 12.2 Å². The maximum Gasteiger partial charge on any atom is 0.319 e. The molecule has 4 heteroatoms. The van der Waals surface area contributed by atoms with Crippen molar-refractivity contribution in [2.75, 3.05) is 11.9 Å². The van der Waals surface area contributed by atoms with Crippen LogP contribution in [0.2, 0.25) is 0 Å². The first kappa shape index (κ1) is 17.1. The van der Waals surface area contributed by atoms with Crippen molar-refractivity contribution in [1.29, 1.82) is 5.26 Å². The van der Waals surface area contributed by atoms with Gasteiger partial charge in [-0.15, -0.1) is 0 Å². The molecule has 0 aromatic heterocycles. The Morgan fingerprint density at radius 1 is 1.30 bits per heavy atom. The summed E-state index contributed by atoms with van der Waals surface area (Å²) in [7, 11) is 0. The molecular weight excluding hydrogens is 286 g/mol. The molecule has 0 saturated carbocycles. The monoisotopic (exact) mass is 311 g/mol. The van der Waals surface area contributed by atoms with Crippen molar-refractivity contribution in [3.63, 3.8) is 0 Å². The minimum absolute atomic E-state index is 0.196. The number of amides is 2. The van der Waals surface area contributed by atoms with Gasteiger partial charge in [0.25, 0.3) is 0 Å². The molecule has 0 radical (unpaired) electrons. The number of benzene rings is 1. The predicted molar refractivity (Wildman–Crippen MR) is 93.1 cm³/mol. The number of nitrogens with zero attached hydrogens (tertiary/aromatic N) is 1. The van der Waals surface area contributed by atoms with Crippen molar-refractivity contribution in [3.8, 4) is 6.07 Å². The van der Waals surface area contributed by atoms with Crippen LogP contribution in [0.4, 0.5) is 10.5 Å². The van der Waals surface area contributed by atoms with E-state index in [1.54, 1.807) is 29.8 Å². The second kappa shape index (κ2) is 8.99. The molecule has 2 N–H and O–H groups in total. The van der Waals surface area contributed by atoms with Crippen LogP contribution in [-0.4, -0.2) is 12.6 Å². The quantitative estimate of drug-likeness (QED) is 0.754. The van der Waals surface area contributed by atoms with Crippen LogP contribution in [0.5, 0.6) is 0 Å². The fraction of sp³-hybridized carbons (Fsp3) is 0.474. The lowest BCUT2D eigenvalue weighted by Crippen LogP contribution is -2.32. The van der Waals surface area contributed by atoms with Crippen molar-refractivity contribution in [1.82, 2.24) is 5.32 Å². The second-order valence-corrected chi connectivity index (χ2v) is 6.28. The number of anilines is 1. The molecule has 1 aliphatic carbocycles. The molecule has 0 aliphatic heterocycles. The van der Waals surface area contributed by atoms with Crippen molar-refractivity contribution < 1.29 is 4.79 Å². The lowest BCUT2D eigenvalue weighted by atomic mass is 9.93. The zero-order valence-corrected chi connectivity index (χ0v) is 13.8. The molecule has 2 amide bonds. The Morgan fingerprint density at radius 2 is 2.09 bits per heavy atom. The fourth-order valence-corrected chi connectivity index (χ4v) is 2.74. The first-order valence-corrected chi connectivity index (χ1v) is 8.40. The van der Waals surface area contributed by atoms with Crippen LogP contribution in [0.3, 0.4) is 0 Å². The molecular formula is C19H25N3O. The Labute approximate surface area is 138 Å². The average Bonchev–Trinajstić information content (AvgIpc) is 2.60. The highest BCUT2D eigenvalue weighted by atomic mass is 16.2. The summed E-state index contributed by atoms with van der Waals surface area (Å²) in [5.41, 5.74) is 2.87. The van der Waals surface area contributed by atoms with E-state index < -0.39 is 0 Å². The van der Waals surface area contributed by atoms with Crippen LogP contribution in [0.1, 0.15) is 51.0 Å². The van der Waals surface area contributed by atoms with Gasteiger partial charge in [-0.05, 0) is 68.7 Å². The summed E-state index contributed by atoms with van der Waals surface area (Å²) in [6.45, 7) is 2.85. The molecule has 1 unspecified atom stereocenters. The number of hydrogen-bond acceptors (Lipinski definition) is 2. The van der Waals surface area contributed by atoms with E-state index >= 15 is 0 Å². The Balaban J connectivity index is 1.66. The highest BCUT2D eigenvalue weighted by Gasteiger charge is 2.09.